The first kappa shape index (κ1) is 18.0. The first-order valence-electron chi connectivity index (χ1n) is 7.34. The lowest BCUT2D eigenvalue weighted by molar-refractivity contribution is 0.446. The van der Waals surface area contributed by atoms with Crippen LogP contribution >= 0.6 is 11.6 Å². The highest BCUT2D eigenvalue weighted by Crippen LogP contribution is 2.23. The molecule has 9 heteroatoms. The zero-order chi connectivity index (χ0) is 17.4. The van der Waals surface area contributed by atoms with E-state index < -0.39 is 10.0 Å². The van der Waals surface area contributed by atoms with E-state index in [-0.39, 0.29) is 10.9 Å². The van der Waals surface area contributed by atoms with Crippen molar-refractivity contribution in [2.45, 2.75) is 45.1 Å². The Kier molecular flexibility index (Phi) is 5.17. The summed E-state index contributed by atoms with van der Waals surface area (Å²) in [5, 5.41) is 9.11. The topological polar surface area (TPSA) is 81.8 Å². The average molecular weight is 360 g/mol. The molecule has 0 bridgehead atoms. The van der Waals surface area contributed by atoms with Crippen LogP contribution in [0.1, 0.15) is 36.5 Å². The fraction of sp³-hybridized carbons (Fsp3) is 0.571. The molecule has 0 spiro atoms. The van der Waals surface area contributed by atoms with E-state index in [1.54, 1.807) is 14.0 Å². The maximum atomic E-state index is 12.3. The number of hydrogen-bond donors (Lipinski definition) is 1. The zero-order valence-electron chi connectivity index (χ0n) is 14.0. The van der Waals surface area contributed by atoms with Crippen LogP contribution < -0.4 is 4.72 Å². The second kappa shape index (κ2) is 6.62. The Labute approximate surface area is 141 Å². The van der Waals surface area contributed by atoms with E-state index in [1.807, 2.05) is 25.5 Å². The summed E-state index contributed by atoms with van der Waals surface area (Å²) in [4.78, 5) is 0.210. The fourth-order valence-corrected chi connectivity index (χ4v) is 3.90. The van der Waals surface area contributed by atoms with Crippen molar-refractivity contribution < 1.29 is 8.42 Å². The van der Waals surface area contributed by atoms with E-state index >= 15 is 0 Å². The van der Waals surface area contributed by atoms with Gasteiger partial charge in [-0.1, -0.05) is 11.6 Å². The van der Waals surface area contributed by atoms with Crippen molar-refractivity contribution in [3.63, 3.8) is 0 Å². The molecule has 0 aliphatic heterocycles. The number of nitrogens with zero attached hydrogens (tertiary/aromatic N) is 4. The number of hydrogen-bond acceptors (Lipinski definition) is 4. The van der Waals surface area contributed by atoms with Crippen LogP contribution in [0.3, 0.4) is 0 Å². The smallest absolute Gasteiger partial charge is 0.243 e. The zero-order valence-corrected chi connectivity index (χ0v) is 15.5. The van der Waals surface area contributed by atoms with Crippen molar-refractivity contribution in [1.29, 1.82) is 0 Å². The molecule has 0 saturated heterocycles. The van der Waals surface area contributed by atoms with Gasteiger partial charge in [0.15, 0.2) is 0 Å². The van der Waals surface area contributed by atoms with Crippen LogP contribution in [0, 0.1) is 20.8 Å². The third kappa shape index (κ3) is 3.76. The first-order chi connectivity index (χ1) is 10.6. The standard InChI is InChI=1S/C14H22ClN5O2S/c1-9(20-12(4)14(15)11(3)18-20)6-7-16-23(21,22)13-8-19(5)17-10(13)2/h8-9,16H,6-7H2,1-5H3/t9-/m0/s1. The van der Waals surface area contributed by atoms with Gasteiger partial charge in [-0.2, -0.15) is 10.2 Å². The molecule has 0 aromatic carbocycles. The minimum Gasteiger partial charge on any atom is -0.274 e. The van der Waals surface area contributed by atoms with Crippen LogP contribution in [-0.2, 0) is 17.1 Å². The minimum atomic E-state index is -3.55. The highest BCUT2D eigenvalue weighted by Gasteiger charge is 2.20. The summed E-state index contributed by atoms with van der Waals surface area (Å²) in [6, 6.07) is 0.0406. The van der Waals surface area contributed by atoms with Crippen LogP contribution in [0.2, 0.25) is 5.02 Å². The number of aryl methyl sites for hydroxylation is 3. The Balaban J connectivity index is 2.01. The second-order valence-corrected chi connectivity index (χ2v) is 7.83. The lowest BCUT2D eigenvalue weighted by atomic mass is 10.2. The van der Waals surface area contributed by atoms with Crippen LogP contribution in [0.25, 0.3) is 0 Å². The van der Waals surface area contributed by atoms with Crippen molar-refractivity contribution in [2.24, 2.45) is 7.05 Å². The predicted molar refractivity (Wildman–Crippen MR) is 89.2 cm³/mol. The molecule has 7 nitrogen and oxygen atoms in total. The molecule has 2 rings (SSSR count). The Morgan fingerprint density at radius 3 is 2.39 bits per heavy atom. The molecule has 0 fully saturated rings. The molecule has 0 aliphatic rings. The minimum absolute atomic E-state index is 0.0406. The van der Waals surface area contributed by atoms with Gasteiger partial charge >= 0.3 is 0 Å². The molecule has 0 aliphatic carbocycles. The summed E-state index contributed by atoms with van der Waals surface area (Å²) in [6.45, 7) is 7.73. The molecule has 0 amide bonds. The average Bonchev–Trinajstić information content (AvgIpc) is 2.93. The van der Waals surface area contributed by atoms with Crippen molar-refractivity contribution in [3.05, 3.63) is 28.3 Å². The maximum absolute atomic E-state index is 12.3. The van der Waals surface area contributed by atoms with Gasteiger partial charge in [-0.25, -0.2) is 13.1 Å². The molecular weight excluding hydrogens is 338 g/mol. The van der Waals surface area contributed by atoms with E-state index in [1.165, 1.54) is 10.9 Å². The van der Waals surface area contributed by atoms with E-state index in [0.717, 1.165) is 11.4 Å². The molecule has 128 valence electrons. The number of nitrogens with one attached hydrogen (secondary N) is 1. The molecule has 0 radical (unpaired) electrons. The SMILES string of the molecule is Cc1nn(C)cc1S(=O)(=O)NCC[C@H](C)n1nc(C)c(Cl)c1C. The van der Waals surface area contributed by atoms with Crippen LogP contribution in [0.4, 0.5) is 0 Å². The van der Waals surface area contributed by atoms with Gasteiger partial charge in [-0.3, -0.25) is 9.36 Å². The largest absolute Gasteiger partial charge is 0.274 e. The van der Waals surface area contributed by atoms with Gasteiger partial charge in [-0.15, -0.1) is 0 Å². The van der Waals surface area contributed by atoms with Crippen LogP contribution in [-0.4, -0.2) is 34.5 Å². The lowest BCUT2D eigenvalue weighted by Crippen LogP contribution is -2.27. The van der Waals surface area contributed by atoms with Crippen LogP contribution in [0.5, 0.6) is 0 Å². The predicted octanol–water partition coefficient (Wildman–Crippen LogP) is 2.12. The number of halogens is 1. The Morgan fingerprint density at radius 1 is 1.26 bits per heavy atom. The maximum Gasteiger partial charge on any atom is 0.243 e. The molecule has 0 saturated carbocycles. The summed E-state index contributed by atoms with van der Waals surface area (Å²) in [6.07, 6.45) is 2.11. The highest BCUT2D eigenvalue weighted by atomic mass is 35.5. The molecule has 23 heavy (non-hydrogen) atoms. The summed E-state index contributed by atoms with van der Waals surface area (Å²) >= 11 is 6.14. The van der Waals surface area contributed by atoms with Gasteiger partial charge in [-0.05, 0) is 34.1 Å². The van der Waals surface area contributed by atoms with Gasteiger partial charge in [0.2, 0.25) is 10.0 Å². The van der Waals surface area contributed by atoms with Crippen molar-refractivity contribution in [3.8, 4) is 0 Å². The molecular formula is C14H22ClN5O2S. The molecule has 2 heterocycles. The summed E-state index contributed by atoms with van der Waals surface area (Å²) in [7, 11) is -1.86. The molecule has 2 aromatic rings. The van der Waals surface area contributed by atoms with Gasteiger partial charge in [0.05, 0.1) is 28.1 Å². The number of rotatable bonds is 6. The van der Waals surface area contributed by atoms with Crippen LogP contribution in [0.15, 0.2) is 11.1 Å². The molecule has 0 unspecified atom stereocenters. The van der Waals surface area contributed by atoms with Gasteiger partial charge in [0.25, 0.3) is 0 Å². The van der Waals surface area contributed by atoms with E-state index in [0.29, 0.717) is 23.7 Å². The van der Waals surface area contributed by atoms with Gasteiger partial charge in [0.1, 0.15) is 4.90 Å². The summed E-state index contributed by atoms with van der Waals surface area (Å²) < 4.78 is 30.5. The van der Waals surface area contributed by atoms with E-state index in [4.69, 9.17) is 11.6 Å². The quantitative estimate of drug-likeness (QED) is 0.856. The van der Waals surface area contributed by atoms with Crippen molar-refractivity contribution >= 4 is 21.6 Å². The Hall–Kier alpha value is -1.38. The van der Waals surface area contributed by atoms with Gasteiger partial charge in [0, 0.05) is 19.8 Å². The third-order valence-corrected chi connectivity index (χ3v) is 5.88. The highest BCUT2D eigenvalue weighted by molar-refractivity contribution is 7.89. The van der Waals surface area contributed by atoms with Gasteiger partial charge < -0.3 is 0 Å². The Morgan fingerprint density at radius 2 is 1.91 bits per heavy atom. The first-order valence-corrected chi connectivity index (χ1v) is 9.20. The summed E-state index contributed by atoms with van der Waals surface area (Å²) in [5.41, 5.74) is 2.16. The molecule has 1 atom stereocenters. The number of sulfonamides is 1. The summed E-state index contributed by atoms with van der Waals surface area (Å²) in [5.74, 6) is 0. The van der Waals surface area contributed by atoms with Crippen molar-refractivity contribution in [2.75, 3.05) is 6.54 Å². The second-order valence-electron chi connectivity index (χ2n) is 5.72. The fourth-order valence-electron chi connectivity index (χ4n) is 2.52. The lowest BCUT2D eigenvalue weighted by Gasteiger charge is -2.14. The molecule has 2 aromatic heterocycles. The van der Waals surface area contributed by atoms with E-state index in [9.17, 15) is 8.42 Å². The van der Waals surface area contributed by atoms with Crippen molar-refractivity contribution in [1.82, 2.24) is 24.3 Å². The monoisotopic (exact) mass is 359 g/mol. The normalized spacial score (nSPS) is 13.5. The third-order valence-electron chi connectivity index (χ3n) is 3.77. The van der Waals surface area contributed by atoms with E-state index in [2.05, 4.69) is 14.9 Å². The number of aromatic nitrogens is 4. The molecule has 1 N–H and O–H groups in total. The Bertz CT molecular complexity index is 809.